The van der Waals surface area contributed by atoms with Crippen LogP contribution in [0.2, 0.25) is 0 Å². The highest BCUT2D eigenvalue weighted by atomic mass is 32.2. The van der Waals surface area contributed by atoms with E-state index in [0.717, 1.165) is 40.4 Å². The second-order valence-corrected chi connectivity index (χ2v) is 11.5. The van der Waals surface area contributed by atoms with Crippen LogP contribution >= 0.6 is 11.8 Å². The summed E-state index contributed by atoms with van der Waals surface area (Å²) in [5.74, 6) is -5.33. The minimum absolute atomic E-state index is 0.0131. The Morgan fingerprint density at radius 2 is 1.85 bits per heavy atom. The van der Waals surface area contributed by atoms with Gasteiger partial charge in [-0.25, -0.2) is 27.6 Å². The molecule has 2 aliphatic rings. The minimum atomic E-state index is -4.81. The Morgan fingerprint density at radius 1 is 1.11 bits per heavy atom. The van der Waals surface area contributed by atoms with Crippen LogP contribution in [0, 0.1) is 12.7 Å². The second kappa shape index (κ2) is 12.2. The molecule has 242 valence electrons. The molecule has 9 nitrogen and oxygen atoms in total. The van der Waals surface area contributed by atoms with Crippen LogP contribution in [0.3, 0.4) is 0 Å². The maximum Gasteiger partial charge on any atom is 0.573 e. The van der Waals surface area contributed by atoms with Crippen LogP contribution in [0.1, 0.15) is 34.9 Å². The number of carbonyl (C=O) groups excluding carboxylic acids is 2. The molecule has 1 N–H and O–H groups in total. The lowest BCUT2D eigenvalue weighted by atomic mass is 10.0. The number of anilines is 2. The minimum Gasteiger partial charge on any atom is -0.406 e. The lowest BCUT2D eigenvalue weighted by Crippen LogP contribution is -2.31. The molecule has 47 heavy (non-hydrogen) atoms. The average molecular weight is 673 g/mol. The number of amidine groups is 1. The third kappa shape index (κ3) is 7.32. The van der Waals surface area contributed by atoms with Gasteiger partial charge in [0.1, 0.15) is 17.9 Å². The molecule has 4 aromatic rings. The van der Waals surface area contributed by atoms with Gasteiger partial charge in [0.25, 0.3) is 5.92 Å². The molecule has 16 heteroatoms. The molecule has 1 saturated carbocycles. The van der Waals surface area contributed by atoms with Crippen molar-refractivity contribution in [1.29, 1.82) is 0 Å². The molecular weight excluding hydrogens is 650 g/mol. The first-order valence-electron chi connectivity index (χ1n) is 13.8. The number of thioether (sulfide) groups is 1. The van der Waals surface area contributed by atoms with Crippen molar-refractivity contribution >= 4 is 52.4 Å². The summed E-state index contributed by atoms with van der Waals surface area (Å²) in [5.41, 5.74) is 1.89. The Hall–Kier alpha value is -5.12. The summed E-state index contributed by atoms with van der Waals surface area (Å²) in [5, 5.41) is 6.54. The number of hydrogen-bond donors (Lipinski definition) is 1. The fraction of sp³-hybridized carbons (Fsp3) is 0.194. The lowest BCUT2D eigenvalue weighted by molar-refractivity contribution is -0.274. The van der Waals surface area contributed by atoms with Crippen molar-refractivity contribution in [2.75, 3.05) is 16.0 Å². The van der Waals surface area contributed by atoms with Crippen molar-refractivity contribution in [3.63, 3.8) is 0 Å². The van der Waals surface area contributed by atoms with Crippen LogP contribution in [0.25, 0.3) is 17.8 Å². The third-order valence-electron chi connectivity index (χ3n) is 7.09. The molecule has 6 rings (SSSR count). The number of nitrogens with one attached hydrogen (secondary N) is 1. The van der Waals surface area contributed by atoms with E-state index < -0.39 is 36.0 Å². The third-order valence-corrected chi connectivity index (χ3v) is 8.02. The number of ether oxygens (including phenoxy) is 1. The molecule has 0 bridgehead atoms. The molecular formula is C31H22F6N6O3S. The number of rotatable bonds is 7. The van der Waals surface area contributed by atoms with Crippen molar-refractivity contribution in [3.05, 3.63) is 95.3 Å². The smallest absolute Gasteiger partial charge is 0.406 e. The fourth-order valence-electron chi connectivity index (χ4n) is 4.79. The van der Waals surface area contributed by atoms with Crippen LogP contribution in [-0.2, 0) is 4.79 Å². The van der Waals surface area contributed by atoms with Gasteiger partial charge in [-0.05, 0) is 72.2 Å². The molecule has 2 fully saturated rings. The molecule has 0 radical (unpaired) electrons. The van der Waals surface area contributed by atoms with Gasteiger partial charge in [-0.15, -0.1) is 18.3 Å². The zero-order chi connectivity index (χ0) is 33.5. The standard InChI is InChI=1S/C31H22F6N6O3S/c1-17-2-9-21(22-14-30(22,33)34)25(12-17)43-27(44)15-47-29(43)40-28(45)39-24-10-3-18(13-23(24)32)4-11-26-38-16-42(41-26)19-5-7-20(8-6-19)46-31(35,36)37/h2-13,16,22H,14-15H2,1H3,(H,39,45)/b11-4+,40-29?. The van der Waals surface area contributed by atoms with Gasteiger partial charge in [-0.1, -0.05) is 36.0 Å². The predicted molar refractivity (Wildman–Crippen MR) is 163 cm³/mol. The van der Waals surface area contributed by atoms with Gasteiger partial charge < -0.3 is 10.1 Å². The van der Waals surface area contributed by atoms with Gasteiger partial charge in [-0.2, -0.15) is 4.99 Å². The molecule has 1 unspecified atom stereocenters. The molecule has 1 aliphatic carbocycles. The Labute approximate surface area is 267 Å². The summed E-state index contributed by atoms with van der Waals surface area (Å²) in [7, 11) is 0. The predicted octanol–water partition coefficient (Wildman–Crippen LogP) is 7.57. The zero-order valence-electron chi connectivity index (χ0n) is 24.1. The van der Waals surface area contributed by atoms with Gasteiger partial charge in [-0.3, -0.25) is 9.69 Å². The fourth-order valence-corrected chi connectivity index (χ4v) is 5.65. The molecule has 3 aromatic carbocycles. The van der Waals surface area contributed by atoms with E-state index in [2.05, 4.69) is 25.1 Å². The van der Waals surface area contributed by atoms with E-state index >= 15 is 0 Å². The van der Waals surface area contributed by atoms with Crippen LogP contribution < -0.4 is 15.0 Å². The molecule has 1 atom stereocenters. The van der Waals surface area contributed by atoms with Gasteiger partial charge >= 0.3 is 12.4 Å². The number of alkyl halides is 5. The monoisotopic (exact) mass is 672 g/mol. The van der Waals surface area contributed by atoms with Crippen molar-refractivity contribution in [3.8, 4) is 11.4 Å². The number of nitrogens with zero attached hydrogens (tertiary/aromatic N) is 5. The number of carbonyl (C=O) groups is 2. The van der Waals surface area contributed by atoms with Crippen LogP contribution in [0.15, 0.2) is 72.0 Å². The van der Waals surface area contributed by atoms with Gasteiger partial charge in [0.2, 0.25) is 5.91 Å². The van der Waals surface area contributed by atoms with E-state index in [0.29, 0.717) is 11.3 Å². The highest BCUT2D eigenvalue weighted by molar-refractivity contribution is 8.15. The average Bonchev–Trinajstić information content (AvgIpc) is 3.29. The first kappa shape index (κ1) is 31.8. The summed E-state index contributed by atoms with van der Waals surface area (Å²) in [6.07, 6.45) is -0.806. The van der Waals surface area contributed by atoms with Crippen LogP contribution in [0.5, 0.6) is 5.75 Å². The molecule has 0 spiro atoms. The molecule has 1 aromatic heterocycles. The number of halogens is 6. The second-order valence-electron chi connectivity index (χ2n) is 10.6. The summed E-state index contributed by atoms with van der Waals surface area (Å²) < 4.78 is 85.1. The van der Waals surface area contributed by atoms with Crippen LogP contribution in [0.4, 0.5) is 42.5 Å². The Bertz CT molecular complexity index is 1930. The van der Waals surface area contributed by atoms with Gasteiger partial charge in [0.05, 0.1) is 28.7 Å². The number of aryl methyl sites for hydroxylation is 1. The number of benzene rings is 3. The zero-order valence-corrected chi connectivity index (χ0v) is 25.0. The van der Waals surface area contributed by atoms with Crippen molar-refractivity contribution in [2.24, 2.45) is 4.99 Å². The Balaban J connectivity index is 1.12. The Kier molecular flexibility index (Phi) is 8.29. The number of urea groups is 1. The first-order chi connectivity index (χ1) is 22.3. The summed E-state index contributed by atoms with van der Waals surface area (Å²) in [6.45, 7) is 1.75. The summed E-state index contributed by atoms with van der Waals surface area (Å²) in [4.78, 5) is 34.7. The van der Waals surface area contributed by atoms with E-state index in [1.165, 1.54) is 47.4 Å². The number of aromatic nitrogens is 3. The van der Waals surface area contributed by atoms with Crippen molar-refractivity contribution in [1.82, 2.24) is 14.8 Å². The van der Waals surface area contributed by atoms with E-state index in [1.807, 2.05) is 0 Å². The van der Waals surface area contributed by atoms with Crippen LogP contribution in [-0.4, -0.2) is 49.9 Å². The highest BCUT2D eigenvalue weighted by Crippen LogP contribution is 2.58. The van der Waals surface area contributed by atoms with Gasteiger partial charge in [0, 0.05) is 6.42 Å². The normalized spacial score (nSPS) is 18.3. The molecule has 2 heterocycles. The quantitative estimate of drug-likeness (QED) is 0.203. The van der Waals surface area contributed by atoms with Gasteiger partial charge in [0.15, 0.2) is 11.0 Å². The number of hydrogen-bond acceptors (Lipinski definition) is 6. The maximum atomic E-state index is 14.9. The van der Waals surface area contributed by atoms with E-state index in [4.69, 9.17) is 0 Å². The number of aliphatic imine (C=N–C) groups is 1. The van der Waals surface area contributed by atoms with Crippen molar-refractivity contribution < 1.29 is 40.7 Å². The lowest BCUT2D eigenvalue weighted by Gasteiger charge is -2.20. The SMILES string of the molecule is Cc1ccc(C2CC2(F)F)c(N2C(=O)CSC2=NC(=O)Nc2ccc(/C=C/c3ncn(-c4ccc(OC(F)(F)F)cc4)n3)cc2F)c1. The highest BCUT2D eigenvalue weighted by Gasteiger charge is 2.58. The molecule has 1 aliphatic heterocycles. The molecule has 3 amide bonds. The topological polar surface area (TPSA) is 102 Å². The maximum absolute atomic E-state index is 14.9. The van der Waals surface area contributed by atoms with Crippen molar-refractivity contribution in [2.45, 2.75) is 31.5 Å². The Morgan fingerprint density at radius 3 is 2.53 bits per heavy atom. The molecule has 1 saturated heterocycles. The summed E-state index contributed by atoms with van der Waals surface area (Å²) >= 11 is 0.968. The van der Waals surface area contributed by atoms with E-state index in [9.17, 15) is 35.9 Å². The van der Waals surface area contributed by atoms with E-state index in [-0.39, 0.29) is 45.9 Å². The number of amides is 3. The first-order valence-corrected chi connectivity index (χ1v) is 14.8. The summed E-state index contributed by atoms with van der Waals surface area (Å²) in [6, 6.07) is 12.8. The largest absolute Gasteiger partial charge is 0.573 e. The van der Waals surface area contributed by atoms with E-state index in [1.54, 1.807) is 25.1 Å².